The van der Waals surface area contributed by atoms with Gasteiger partial charge in [0.25, 0.3) is 0 Å². The second-order valence-corrected chi connectivity index (χ2v) is 10.6. The van der Waals surface area contributed by atoms with Crippen LogP contribution in [0.3, 0.4) is 0 Å². The van der Waals surface area contributed by atoms with Crippen LogP contribution in [0.2, 0.25) is 0 Å². The number of aryl methyl sites for hydroxylation is 1. The molecule has 0 aliphatic carbocycles. The van der Waals surface area contributed by atoms with E-state index in [0.717, 1.165) is 35.4 Å². The minimum atomic E-state index is -4.55. The molecule has 1 aliphatic rings. The van der Waals surface area contributed by atoms with Crippen molar-refractivity contribution >= 4 is 21.8 Å². The minimum absolute atomic E-state index is 0.108. The third-order valence-electron chi connectivity index (χ3n) is 5.84. The van der Waals surface area contributed by atoms with Crippen molar-refractivity contribution in [3.8, 4) is 0 Å². The van der Waals surface area contributed by atoms with Gasteiger partial charge in [-0.3, -0.25) is 9.59 Å². The van der Waals surface area contributed by atoms with Gasteiger partial charge in [0.1, 0.15) is 6.04 Å². The first-order valence-corrected chi connectivity index (χ1v) is 12.6. The maximum absolute atomic E-state index is 12.9. The Kier molecular flexibility index (Phi) is 8.22. The summed E-state index contributed by atoms with van der Waals surface area (Å²) in [6.07, 6.45) is -3.56. The number of piperidine rings is 1. The van der Waals surface area contributed by atoms with Crippen LogP contribution in [0, 0.1) is 6.92 Å². The highest BCUT2D eigenvalue weighted by molar-refractivity contribution is 7.89. The standard InChI is InChI=1S/C24H28F3N3O4S/c1-16-4-3-5-18(14-16)15-22(28-17(2)31)23(32)29-20-10-12-30(13-11-20)35(33,34)21-8-6-19(7-9-21)24(25,26)27/h3-9,14,20,22H,10-13,15H2,1-2H3,(H,28,31)(H,29,32)/t22-/m0/s1. The molecule has 0 saturated carbocycles. The lowest BCUT2D eigenvalue weighted by Crippen LogP contribution is -2.53. The lowest BCUT2D eigenvalue weighted by molar-refractivity contribution is -0.137. The number of sulfonamides is 1. The van der Waals surface area contributed by atoms with E-state index < -0.39 is 27.8 Å². The lowest BCUT2D eigenvalue weighted by Gasteiger charge is -2.32. The number of hydrogen-bond acceptors (Lipinski definition) is 4. The summed E-state index contributed by atoms with van der Waals surface area (Å²) in [5.41, 5.74) is 1.01. The third-order valence-corrected chi connectivity index (χ3v) is 7.75. The minimum Gasteiger partial charge on any atom is -0.351 e. The Morgan fingerprint density at radius 2 is 1.71 bits per heavy atom. The first-order valence-electron chi connectivity index (χ1n) is 11.2. The number of halogens is 3. The molecule has 1 saturated heterocycles. The first kappa shape index (κ1) is 26.7. The number of nitrogens with one attached hydrogen (secondary N) is 2. The van der Waals surface area contributed by atoms with Crippen molar-refractivity contribution in [2.24, 2.45) is 0 Å². The molecule has 2 N–H and O–H groups in total. The van der Waals surface area contributed by atoms with E-state index in [0.29, 0.717) is 19.3 Å². The van der Waals surface area contributed by atoms with Gasteiger partial charge in [0.15, 0.2) is 0 Å². The number of alkyl halides is 3. The molecular weight excluding hydrogens is 483 g/mol. The van der Waals surface area contributed by atoms with E-state index in [-0.39, 0.29) is 35.8 Å². The Labute approximate surface area is 202 Å². The van der Waals surface area contributed by atoms with Crippen LogP contribution in [0.1, 0.15) is 36.5 Å². The molecule has 0 spiro atoms. The molecule has 3 rings (SSSR count). The molecule has 190 valence electrons. The van der Waals surface area contributed by atoms with Gasteiger partial charge in [-0.2, -0.15) is 17.5 Å². The number of carbonyl (C=O) groups excluding carboxylic acids is 2. The number of amides is 2. The fraction of sp³-hybridized carbons (Fsp3) is 0.417. The summed E-state index contributed by atoms with van der Waals surface area (Å²) in [6, 6.07) is 9.95. The monoisotopic (exact) mass is 511 g/mol. The fourth-order valence-corrected chi connectivity index (χ4v) is 5.51. The van der Waals surface area contributed by atoms with Crippen molar-refractivity contribution < 1.29 is 31.2 Å². The Morgan fingerprint density at radius 1 is 1.09 bits per heavy atom. The van der Waals surface area contributed by atoms with E-state index in [2.05, 4.69) is 10.6 Å². The van der Waals surface area contributed by atoms with Gasteiger partial charge < -0.3 is 10.6 Å². The Balaban J connectivity index is 1.60. The van der Waals surface area contributed by atoms with Crippen LogP contribution in [-0.2, 0) is 32.2 Å². The van der Waals surface area contributed by atoms with Gasteiger partial charge in [0, 0.05) is 32.5 Å². The number of benzene rings is 2. The summed E-state index contributed by atoms with van der Waals surface area (Å²) < 4.78 is 65.2. The summed E-state index contributed by atoms with van der Waals surface area (Å²) in [7, 11) is -3.96. The molecule has 0 radical (unpaired) electrons. The Bertz CT molecular complexity index is 1160. The van der Waals surface area contributed by atoms with Crippen LogP contribution in [0.5, 0.6) is 0 Å². The van der Waals surface area contributed by atoms with E-state index in [1.165, 1.54) is 11.2 Å². The largest absolute Gasteiger partial charge is 0.416 e. The molecule has 2 amide bonds. The van der Waals surface area contributed by atoms with Crippen molar-refractivity contribution in [1.29, 1.82) is 0 Å². The highest BCUT2D eigenvalue weighted by Crippen LogP contribution is 2.30. The molecular formula is C24H28F3N3O4S. The molecule has 0 bridgehead atoms. The summed E-state index contributed by atoms with van der Waals surface area (Å²) in [4.78, 5) is 24.3. The van der Waals surface area contributed by atoms with Gasteiger partial charge in [0.05, 0.1) is 10.5 Å². The summed E-state index contributed by atoms with van der Waals surface area (Å²) in [5, 5.41) is 5.56. The summed E-state index contributed by atoms with van der Waals surface area (Å²) in [5.74, 6) is -0.694. The topological polar surface area (TPSA) is 95.6 Å². The molecule has 2 aromatic rings. The second kappa shape index (κ2) is 10.8. The molecule has 0 aromatic heterocycles. The van der Waals surface area contributed by atoms with Crippen molar-refractivity contribution in [3.05, 3.63) is 65.2 Å². The average Bonchev–Trinajstić information content (AvgIpc) is 2.78. The predicted molar refractivity (Wildman–Crippen MR) is 124 cm³/mol. The van der Waals surface area contributed by atoms with Crippen molar-refractivity contribution in [2.75, 3.05) is 13.1 Å². The van der Waals surface area contributed by atoms with Gasteiger partial charge in [0.2, 0.25) is 21.8 Å². The van der Waals surface area contributed by atoms with Gasteiger partial charge in [-0.15, -0.1) is 0 Å². The maximum Gasteiger partial charge on any atom is 0.416 e. The number of nitrogens with zero attached hydrogens (tertiary/aromatic N) is 1. The highest BCUT2D eigenvalue weighted by Gasteiger charge is 2.33. The van der Waals surface area contributed by atoms with Crippen molar-refractivity contribution in [1.82, 2.24) is 14.9 Å². The van der Waals surface area contributed by atoms with Crippen molar-refractivity contribution in [3.63, 3.8) is 0 Å². The number of hydrogen-bond donors (Lipinski definition) is 2. The number of carbonyl (C=O) groups is 2. The van der Waals surface area contributed by atoms with Crippen LogP contribution in [0.25, 0.3) is 0 Å². The van der Waals surface area contributed by atoms with E-state index in [4.69, 9.17) is 0 Å². The van der Waals surface area contributed by atoms with E-state index in [1.807, 2.05) is 31.2 Å². The molecule has 7 nitrogen and oxygen atoms in total. The van der Waals surface area contributed by atoms with Gasteiger partial charge in [-0.05, 0) is 49.6 Å². The van der Waals surface area contributed by atoms with Crippen LogP contribution < -0.4 is 10.6 Å². The zero-order chi connectivity index (χ0) is 25.8. The van der Waals surface area contributed by atoms with Gasteiger partial charge >= 0.3 is 6.18 Å². The molecule has 11 heteroatoms. The Hall–Kier alpha value is -2.92. The highest BCUT2D eigenvalue weighted by atomic mass is 32.2. The van der Waals surface area contributed by atoms with Crippen LogP contribution in [0.4, 0.5) is 13.2 Å². The average molecular weight is 512 g/mol. The molecule has 35 heavy (non-hydrogen) atoms. The SMILES string of the molecule is CC(=O)N[C@@H](Cc1cccc(C)c1)C(=O)NC1CCN(S(=O)(=O)c2ccc(C(F)(F)F)cc2)CC1. The van der Waals surface area contributed by atoms with Crippen molar-refractivity contribution in [2.45, 2.75) is 56.3 Å². The van der Waals surface area contributed by atoms with Crippen LogP contribution in [-0.4, -0.2) is 49.7 Å². The smallest absolute Gasteiger partial charge is 0.351 e. The summed E-state index contributed by atoms with van der Waals surface area (Å²) in [6.45, 7) is 3.48. The fourth-order valence-electron chi connectivity index (χ4n) is 4.04. The van der Waals surface area contributed by atoms with E-state index in [1.54, 1.807) is 0 Å². The predicted octanol–water partition coefficient (Wildman–Crippen LogP) is 3.03. The first-order chi connectivity index (χ1) is 16.4. The molecule has 1 heterocycles. The maximum atomic E-state index is 12.9. The zero-order valence-electron chi connectivity index (χ0n) is 19.4. The van der Waals surface area contributed by atoms with Crippen LogP contribution >= 0.6 is 0 Å². The second-order valence-electron chi connectivity index (χ2n) is 8.66. The molecule has 1 aliphatic heterocycles. The number of rotatable bonds is 7. The van der Waals surface area contributed by atoms with Gasteiger partial charge in [-0.25, -0.2) is 8.42 Å². The zero-order valence-corrected chi connectivity index (χ0v) is 20.2. The normalized spacial score (nSPS) is 16.5. The Morgan fingerprint density at radius 3 is 2.26 bits per heavy atom. The third kappa shape index (κ3) is 7.04. The molecule has 2 aromatic carbocycles. The lowest BCUT2D eigenvalue weighted by atomic mass is 10.0. The van der Waals surface area contributed by atoms with Crippen LogP contribution in [0.15, 0.2) is 53.4 Å². The quantitative estimate of drug-likeness (QED) is 0.598. The summed E-state index contributed by atoms with van der Waals surface area (Å²) >= 11 is 0. The van der Waals surface area contributed by atoms with E-state index in [9.17, 15) is 31.2 Å². The van der Waals surface area contributed by atoms with Gasteiger partial charge in [-0.1, -0.05) is 29.8 Å². The molecule has 1 atom stereocenters. The molecule has 1 fully saturated rings. The molecule has 0 unspecified atom stereocenters. The van der Waals surface area contributed by atoms with E-state index >= 15 is 0 Å².